The smallest absolute Gasteiger partial charge is 0.334 e. The van der Waals surface area contributed by atoms with Crippen molar-refractivity contribution in [2.24, 2.45) is 0 Å². The van der Waals surface area contributed by atoms with Crippen molar-refractivity contribution in [2.45, 2.75) is 25.0 Å². The lowest BCUT2D eigenvalue weighted by Gasteiger charge is -2.24. The molecule has 1 aliphatic rings. The van der Waals surface area contributed by atoms with Crippen LogP contribution in [0.1, 0.15) is 23.2 Å². The van der Waals surface area contributed by atoms with Crippen LogP contribution in [0.2, 0.25) is 0 Å². The van der Waals surface area contributed by atoms with Gasteiger partial charge in [0, 0.05) is 23.7 Å². The fourth-order valence-corrected chi connectivity index (χ4v) is 2.89. The van der Waals surface area contributed by atoms with E-state index in [-0.39, 0.29) is 18.4 Å². The van der Waals surface area contributed by atoms with Crippen molar-refractivity contribution in [2.75, 3.05) is 20.2 Å². The highest BCUT2D eigenvalue weighted by Gasteiger charge is 2.34. The molecule has 130 valence electrons. The lowest BCUT2D eigenvalue weighted by atomic mass is 10.1. The van der Waals surface area contributed by atoms with Crippen LogP contribution in [-0.2, 0) is 14.3 Å². The Hall–Kier alpha value is -1.93. The number of amides is 2. The molecule has 2 unspecified atom stereocenters. The van der Waals surface area contributed by atoms with Crippen LogP contribution >= 0.6 is 15.9 Å². The lowest BCUT2D eigenvalue weighted by Crippen LogP contribution is -2.48. The maximum Gasteiger partial charge on any atom is 0.334 e. The number of methoxy groups -OCH3 is 1. The molecule has 0 aromatic heterocycles. The summed E-state index contributed by atoms with van der Waals surface area (Å²) in [7, 11) is 1.27. The zero-order valence-corrected chi connectivity index (χ0v) is 14.8. The summed E-state index contributed by atoms with van der Waals surface area (Å²) in [5, 5.41) is 11.5. The lowest BCUT2D eigenvalue weighted by molar-refractivity contribution is -0.148. The fraction of sp³-hybridized carbons (Fsp3) is 0.438. The molecule has 0 aliphatic carbocycles. The number of carbonyl (C=O) groups excluding carboxylic acids is 2. The molecule has 0 saturated carbocycles. The first-order chi connectivity index (χ1) is 11.4. The van der Waals surface area contributed by atoms with Crippen molar-refractivity contribution in [3.05, 3.63) is 34.3 Å². The minimum Gasteiger partial charge on any atom is -0.479 e. The van der Waals surface area contributed by atoms with Crippen LogP contribution in [0.3, 0.4) is 0 Å². The van der Waals surface area contributed by atoms with Crippen LogP contribution in [0, 0.1) is 0 Å². The quantitative estimate of drug-likeness (QED) is 0.751. The average Bonchev–Trinajstić information content (AvgIpc) is 3.04. The molecule has 0 bridgehead atoms. The molecule has 1 saturated heterocycles. The Labute approximate surface area is 148 Å². The van der Waals surface area contributed by atoms with E-state index in [1.165, 1.54) is 12.0 Å². The Kier molecular flexibility index (Phi) is 6.33. The van der Waals surface area contributed by atoms with Gasteiger partial charge >= 0.3 is 5.97 Å². The number of carboxylic acid groups (broad SMARTS) is 1. The first kappa shape index (κ1) is 18.4. The number of carboxylic acids is 1. The topological polar surface area (TPSA) is 95.9 Å². The van der Waals surface area contributed by atoms with Gasteiger partial charge in [0.05, 0.1) is 6.54 Å². The van der Waals surface area contributed by atoms with Gasteiger partial charge < -0.3 is 20.1 Å². The molecule has 1 heterocycles. The minimum atomic E-state index is -1.15. The summed E-state index contributed by atoms with van der Waals surface area (Å²) >= 11 is 3.32. The first-order valence-corrected chi connectivity index (χ1v) is 8.33. The molecule has 1 aliphatic heterocycles. The zero-order chi connectivity index (χ0) is 17.7. The molecule has 1 aromatic rings. The molecule has 24 heavy (non-hydrogen) atoms. The van der Waals surface area contributed by atoms with E-state index in [0.29, 0.717) is 18.5 Å². The van der Waals surface area contributed by atoms with E-state index < -0.39 is 18.1 Å². The van der Waals surface area contributed by atoms with Gasteiger partial charge in [-0.1, -0.05) is 15.9 Å². The van der Waals surface area contributed by atoms with Crippen LogP contribution < -0.4 is 5.32 Å². The summed E-state index contributed by atoms with van der Waals surface area (Å²) in [5.74, 6) is -1.71. The largest absolute Gasteiger partial charge is 0.479 e. The molecular weight excluding hydrogens is 380 g/mol. The number of nitrogens with one attached hydrogen (secondary N) is 1. The molecule has 2 atom stereocenters. The third-order valence-corrected chi connectivity index (χ3v) is 4.46. The van der Waals surface area contributed by atoms with Crippen LogP contribution in [0.5, 0.6) is 0 Å². The maximum absolute atomic E-state index is 12.6. The summed E-state index contributed by atoms with van der Waals surface area (Å²) in [4.78, 5) is 37.3. The summed E-state index contributed by atoms with van der Waals surface area (Å²) in [6.45, 7) is 0.362. The molecular formula is C16H19BrN2O5. The molecule has 0 radical (unpaired) electrons. The van der Waals surface area contributed by atoms with Crippen LogP contribution in [-0.4, -0.2) is 60.1 Å². The highest BCUT2D eigenvalue weighted by Crippen LogP contribution is 2.21. The highest BCUT2D eigenvalue weighted by molar-refractivity contribution is 9.10. The van der Waals surface area contributed by atoms with E-state index >= 15 is 0 Å². The van der Waals surface area contributed by atoms with E-state index in [0.717, 1.165) is 10.9 Å². The SMILES string of the molecule is COC(CNC(=O)C1CCCN1C(=O)c1ccc(Br)cc1)C(=O)O. The minimum absolute atomic E-state index is 0.137. The Morgan fingerprint density at radius 1 is 1.38 bits per heavy atom. The predicted octanol–water partition coefficient (Wildman–Crippen LogP) is 1.27. The van der Waals surface area contributed by atoms with Crippen molar-refractivity contribution in [1.29, 1.82) is 0 Å². The van der Waals surface area contributed by atoms with E-state index in [9.17, 15) is 14.4 Å². The van der Waals surface area contributed by atoms with Gasteiger partial charge in [-0.15, -0.1) is 0 Å². The van der Waals surface area contributed by atoms with Gasteiger partial charge in [-0.2, -0.15) is 0 Å². The van der Waals surface area contributed by atoms with Crippen molar-refractivity contribution in [1.82, 2.24) is 10.2 Å². The second kappa shape index (κ2) is 8.25. The van der Waals surface area contributed by atoms with Gasteiger partial charge in [-0.3, -0.25) is 9.59 Å². The number of benzene rings is 1. The highest BCUT2D eigenvalue weighted by atomic mass is 79.9. The third-order valence-electron chi connectivity index (χ3n) is 3.93. The average molecular weight is 399 g/mol. The molecule has 2 amide bonds. The number of carbonyl (C=O) groups is 3. The zero-order valence-electron chi connectivity index (χ0n) is 13.2. The van der Waals surface area contributed by atoms with Crippen LogP contribution in [0.25, 0.3) is 0 Å². The number of hydrogen-bond acceptors (Lipinski definition) is 4. The van der Waals surface area contributed by atoms with Gasteiger partial charge in [0.1, 0.15) is 6.04 Å². The van der Waals surface area contributed by atoms with Gasteiger partial charge in [0.2, 0.25) is 5.91 Å². The van der Waals surface area contributed by atoms with Crippen molar-refractivity contribution < 1.29 is 24.2 Å². The van der Waals surface area contributed by atoms with E-state index in [1.807, 2.05) is 0 Å². The number of rotatable bonds is 6. The molecule has 2 rings (SSSR count). The van der Waals surface area contributed by atoms with Crippen molar-refractivity contribution in [3.8, 4) is 0 Å². The van der Waals surface area contributed by atoms with Gasteiger partial charge in [-0.25, -0.2) is 4.79 Å². The number of likely N-dealkylation sites (tertiary alicyclic amines) is 1. The number of halogens is 1. The maximum atomic E-state index is 12.6. The fourth-order valence-electron chi connectivity index (χ4n) is 2.62. The van der Waals surface area contributed by atoms with Crippen molar-refractivity contribution in [3.63, 3.8) is 0 Å². The normalized spacial score (nSPS) is 18.2. The number of ether oxygens (including phenoxy) is 1. The molecule has 0 spiro atoms. The second-order valence-electron chi connectivity index (χ2n) is 5.47. The van der Waals surface area contributed by atoms with Crippen LogP contribution in [0.15, 0.2) is 28.7 Å². The first-order valence-electron chi connectivity index (χ1n) is 7.54. The summed E-state index contributed by atoms with van der Waals surface area (Å²) < 4.78 is 5.65. The molecule has 1 fully saturated rings. The third kappa shape index (κ3) is 4.33. The van der Waals surface area contributed by atoms with E-state index in [1.54, 1.807) is 24.3 Å². The Morgan fingerprint density at radius 2 is 2.04 bits per heavy atom. The van der Waals surface area contributed by atoms with Gasteiger partial charge in [-0.05, 0) is 37.1 Å². The molecule has 2 N–H and O–H groups in total. The Balaban J connectivity index is 2.01. The summed E-state index contributed by atoms with van der Waals surface area (Å²) in [6, 6.07) is 6.35. The number of nitrogens with zero attached hydrogens (tertiary/aromatic N) is 1. The summed E-state index contributed by atoms with van der Waals surface area (Å²) in [5.41, 5.74) is 0.512. The van der Waals surface area contributed by atoms with E-state index in [4.69, 9.17) is 9.84 Å². The molecule has 7 nitrogen and oxygen atoms in total. The van der Waals surface area contributed by atoms with Crippen molar-refractivity contribution >= 4 is 33.7 Å². The molecule has 8 heteroatoms. The van der Waals surface area contributed by atoms with E-state index in [2.05, 4.69) is 21.2 Å². The monoisotopic (exact) mass is 398 g/mol. The second-order valence-corrected chi connectivity index (χ2v) is 6.39. The van der Waals surface area contributed by atoms with Gasteiger partial charge in [0.25, 0.3) is 5.91 Å². The predicted molar refractivity (Wildman–Crippen MR) is 89.6 cm³/mol. The van der Waals surface area contributed by atoms with Crippen LogP contribution in [0.4, 0.5) is 0 Å². The Bertz CT molecular complexity index is 619. The number of hydrogen-bond donors (Lipinski definition) is 2. The number of aliphatic carboxylic acids is 1. The van der Waals surface area contributed by atoms with Gasteiger partial charge in [0.15, 0.2) is 6.10 Å². The standard InChI is InChI=1S/C16H19BrN2O5/c1-24-13(16(22)23)9-18-14(20)12-3-2-8-19(12)15(21)10-4-6-11(17)7-5-10/h4-7,12-13H,2-3,8-9H2,1H3,(H,18,20)(H,22,23). The Morgan fingerprint density at radius 3 is 2.62 bits per heavy atom. The summed E-state index contributed by atoms with van der Waals surface area (Å²) in [6.07, 6.45) is 0.178. The molecule has 1 aromatic carbocycles.